The Kier molecular flexibility index (Phi) is 3.36. The average molecular weight is 239 g/mol. The van der Waals surface area contributed by atoms with Gasteiger partial charge in [-0.3, -0.25) is 0 Å². The van der Waals surface area contributed by atoms with E-state index in [1.807, 2.05) is 0 Å². The molecule has 2 heterocycles. The summed E-state index contributed by atoms with van der Waals surface area (Å²) in [5, 5.41) is 7.50. The van der Waals surface area contributed by atoms with Gasteiger partial charge >= 0.3 is 0 Å². The highest BCUT2D eigenvalue weighted by molar-refractivity contribution is 6.32. The van der Waals surface area contributed by atoms with Crippen molar-refractivity contribution >= 4 is 17.4 Å². The number of aromatic nitrogens is 3. The normalized spacial score (nSPS) is 10.4. The summed E-state index contributed by atoms with van der Waals surface area (Å²) in [7, 11) is 0. The maximum Gasteiger partial charge on any atom is 0.223 e. The largest absolute Gasteiger partial charge is 0.368 e. The lowest BCUT2D eigenvalue weighted by Gasteiger charge is -2.04. The van der Waals surface area contributed by atoms with Crippen molar-refractivity contribution in [3.05, 3.63) is 35.1 Å². The molecule has 0 spiro atoms. The van der Waals surface area contributed by atoms with Crippen LogP contribution in [0, 0.1) is 6.92 Å². The summed E-state index contributed by atoms with van der Waals surface area (Å²) in [5.41, 5.74) is 0. The summed E-state index contributed by atoms with van der Waals surface area (Å²) in [5.74, 6) is 1.92. The molecule has 0 aliphatic carbocycles. The molecule has 0 radical (unpaired) electrons. The van der Waals surface area contributed by atoms with Crippen LogP contribution in [-0.4, -0.2) is 21.7 Å². The van der Waals surface area contributed by atoms with Gasteiger partial charge in [0.05, 0.1) is 5.02 Å². The standard InChI is InChI=1S/C10H11ClN4O/c1-7-14-9(15-16-7)4-6-13-10-8(11)3-2-5-12-10/h2-3,5H,4,6H2,1H3,(H,12,13). The fraction of sp³-hybridized carbons (Fsp3) is 0.300. The van der Waals surface area contributed by atoms with Gasteiger partial charge in [0.25, 0.3) is 0 Å². The molecule has 0 aliphatic rings. The molecule has 5 nitrogen and oxygen atoms in total. The van der Waals surface area contributed by atoms with Crippen LogP contribution in [0.2, 0.25) is 5.02 Å². The van der Waals surface area contributed by atoms with Gasteiger partial charge in [-0.2, -0.15) is 4.98 Å². The Bertz CT molecular complexity index is 471. The van der Waals surface area contributed by atoms with Crippen molar-refractivity contribution in [3.63, 3.8) is 0 Å². The van der Waals surface area contributed by atoms with E-state index >= 15 is 0 Å². The Morgan fingerprint density at radius 1 is 1.50 bits per heavy atom. The second kappa shape index (κ2) is 4.94. The van der Waals surface area contributed by atoms with Crippen molar-refractivity contribution in [2.24, 2.45) is 0 Å². The smallest absolute Gasteiger partial charge is 0.223 e. The third-order valence-electron chi connectivity index (χ3n) is 1.97. The van der Waals surface area contributed by atoms with Gasteiger partial charge in [-0.15, -0.1) is 0 Å². The molecule has 0 amide bonds. The fourth-order valence-corrected chi connectivity index (χ4v) is 1.44. The van der Waals surface area contributed by atoms with E-state index in [9.17, 15) is 0 Å². The molecule has 6 heteroatoms. The first kappa shape index (κ1) is 10.9. The van der Waals surface area contributed by atoms with Gasteiger partial charge in [-0.25, -0.2) is 4.98 Å². The minimum absolute atomic E-state index is 0.575. The quantitative estimate of drug-likeness (QED) is 0.884. The Morgan fingerprint density at radius 3 is 3.06 bits per heavy atom. The molecular weight excluding hydrogens is 228 g/mol. The molecule has 84 valence electrons. The number of nitrogens with one attached hydrogen (secondary N) is 1. The van der Waals surface area contributed by atoms with Gasteiger partial charge in [0.2, 0.25) is 5.89 Å². The fourth-order valence-electron chi connectivity index (χ4n) is 1.25. The number of hydrogen-bond acceptors (Lipinski definition) is 5. The Hall–Kier alpha value is -1.62. The zero-order chi connectivity index (χ0) is 11.4. The maximum atomic E-state index is 5.94. The highest BCUT2D eigenvalue weighted by atomic mass is 35.5. The summed E-state index contributed by atoms with van der Waals surface area (Å²) in [6, 6.07) is 3.57. The minimum Gasteiger partial charge on any atom is -0.368 e. The molecule has 2 aromatic rings. The minimum atomic E-state index is 0.575. The second-order valence-electron chi connectivity index (χ2n) is 3.24. The second-order valence-corrected chi connectivity index (χ2v) is 3.65. The molecule has 2 aromatic heterocycles. The monoisotopic (exact) mass is 238 g/mol. The SMILES string of the molecule is Cc1nc(CCNc2ncccc2Cl)no1. The zero-order valence-corrected chi connectivity index (χ0v) is 9.53. The molecule has 0 saturated carbocycles. The third kappa shape index (κ3) is 2.70. The van der Waals surface area contributed by atoms with E-state index in [0.29, 0.717) is 35.5 Å². The van der Waals surface area contributed by atoms with Crippen LogP contribution in [0.25, 0.3) is 0 Å². The predicted molar refractivity (Wildman–Crippen MR) is 60.5 cm³/mol. The number of halogens is 1. The first-order valence-electron chi connectivity index (χ1n) is 4.89. The van der Waals surface area contributed by atoms with Crippen molar-refractivity contribution in [1.29, 1.82) is 0 Å². The molecule has 1 N–H and O–H groups in total. The third-order valence-corrected chi connectivity index (χ3v) is 2.27. The molecule has 0 unspecified atom stereocenters. The molecule has 0 fully saturated rings. The van der Waals surface area contributed by atoms with Crippen LogP contribution in [0.1, 0.15) is 11.7 Å². The van der Waals surface area contributed by atoms with Gasteiger partial charge in [-0.1, -0.05) is 16.8 Å². The summed E-state index contributed by atoms with van der Waals surface area (Å²) in [6.07, 6.45) is 2.36. The van der Waals surface area contributed by atoms with Crippen LogP contribution >= 0.6 is 11.6 Å². The lowest BCUT2D eigenvalue weighted by atomic mass is 10.4. The highest BCUT2D eigenvalue weighted by Gasteiger charge is 2.03. The summed E-state index contributed by atoms with van der Waals surface area (Å²) < 4.78 is 4.86. The average Bonchev–Trinajstić information content (AvgIpc) is 2.67. The van der Waals surface area contributed by atoms with Gasteiger partial charge < -0.3 is 9.84 Å². The highest BCUT2D eigenvalue weighted by Crippen LogP contribution is 2.16. The topological polar surface area (TPSA) is 63.8 Å². The van der Waals surface area contributed by atoms with E-state index in [1.165, 1.54) is 0 Å². The van der Waals surface area contributed by atoms with Crippen molar-refractivity contribution in [3.8, 4) is 0 Å². The van der Waals surface area contributed by atoms with Crippen LogP contribution in [0.5, 0.6) is 0 Å². The Morgan fingerprint density at radius 2 is 2.38 bits per heavy atom. The van der Waals surface area contributed by atoms with Crippen molar-refractivity contribution in [1.82, 2.24) is 15.1 Å². The van der Waals surface area contributed by atoms with Crippen LogP contribution in [0.4, 0.5) is 5.82 Å². The van der Waals surface area contributed by atoms with Crippen molar-refractivity contribution in [2.45, 2.75) is 13.3 Å². The molecule has 0 aromatic carbocycles. The molecule has 16 heavy (non-hydrogen) atoms. The zero-order valence-electron chi connectivity index (χ0n) is 8.77. The van der Waals surface area contributed by atoms with Crippen LogP contribution in [0.15, 0.2) is 22.9 Å². The first-order chi connectivity index (χ1) is 7.75. The number of nitrogens with zero attached hydrogens (tertiary/aromatic N) is 3. The van der Waals surface area contributed by atoms with Crippen molar-refractivity contribution < 1.29 is 4.52 Å². The van der Waals surface area contributed by atoms with Crippen LogP contribution < -0.4 is 5.32 Å². The number of rotatable bonds is 4. The summed E-state index contributed by atoms with van der Waals surface area (Å²) in [4.78, 5) is 8.20. The lowest BCUT2D eigenvalue weighted by molar-refractivity contribution is 0.387. The number of hydrogen-bond donors (Lipinski definition) is 1. The van der Waals surface area contributed by atoms with E-state index in [1.54, 1.807) is 25.3 Å². The molecule has 2 rings (SSSR count). The van der Waals surface area contributed by atoms with E-state index in [0.717, 1.165) is 0 Å². The lowest BCUT2D eigenvalue weighted by Crippen LogP contribution is -2.07. The van der Waals surface area contributed by atoms with E-state index in [4.69, 9.17) is 16.1 Å². The van der Waals surface area contributed by atoms with E-state index in [-0.39, 0.29) is 0 Å². The first-order valence-corrected chi connectivity index (χ1v) is 5.27. The number of aryl methyl sites for hydroxylation is 1. The van der Waals surface area contributed by atoms with E-state index < -0.39 is 0 Å². The van der Waals surface area contributed by atoms with Crippen LogP contribution in [0.3, 0.4) is 0 Å². The van der Waals surface area contributed by atoms with Gasteiger partial charge in [0, 0.05) is 26.1 Å². The Balaban J connectivity index is 1.87. The van der Waals surface area contributed by atoms with Crippen LogP contribution in [-0.2, 0) is 6.42 Å². The van der Waals surface area contributed by atoms with Gasteiger partial charge in [0.15, 0.2) is 5.82 Å². The number of anilines is 1. The predicted octanol–water partition coefficient (Wildman–Crippen LogP) is 2.08. The maximum absolute atomic E-state index is 5.94. The van der Waals surface area contributed by atoms with Gasteiger partial charge in [-0.05, 0) is 12.1 Å². The molecule has 0 aliphatic heterocycles. The molecular formula is C10H11ClN4O. The molecule has 0 saturated heterocycles. The number of pyridine rings is 1. The summed E-state index contributed by atoms with van der Waals surface area (Å²) in [6.45, 7) is 2.43. The molecule has 0 atom stereocenters. The van der Waals surface area contributed by atoms with Crippen molar-refractivity contribution in [2.75, 3.05) is 11.9 Å². The Labute approximate surface area is 97.8 Å². The summed E-state index contributed by atoms with van der Waals surface area (Å²) >= 11 is 5.94. The van der Waals surface area contributed by atoms with E-state index in [2.05, 4.69) is 20.4 Å². The van der Waals surface area contributed by atoms with Gasteiger partial charge in [0.1, 0.15) is 5.82 Å². The molecule has 0 bridgehead atoms.